The number of primary amides is 1. The monoisotopic (exact) mass is 418 g/mol. The van der Waals surface area contributed by atoms with Crippen LogP contribution in [0.5, 0.6) is 11.5 Å². The summed E-state index contributed by atoms with van der Waals surface area (Å²) in [6.45, 7) is 0.425. The van der Waals surface area contributed by atoms with E-state index in [0.29, 0.717) is 29.2 Å². The number of para-hydroxylation sites is 1. The number of nitrogens with two attached hydrogens (primary N) is 2. The van der Waals surface area contributed by atoms with Crippen LogP contribution in [-0.4, -0.2) is 26.0 Å². The highest BCUT2D eigenvalue weighted by molar-refractivity contribution is 5.95. The largest absolute Gasteiger partial charge is 0.493 e. The van der Waals surface area contributed by atoms with Gasteiger partial charge in [-0.1, -0.05) is 42.5 Å². The van der Waals surface area contributed by atoms with Crippen LogP contribution in [0.15, 0.2) is 72.8 Å². The van der Waals surface area contributed by atoms with E-state index in [2.05, 4.69) is 0 Å². The molecule has 0 aliphatic carbocycles. The van der Waals surface area contributed by atoms with E-state index in [1.165, 1.54) is 7.11 Å². The third-order valence-electron chi connectivity index (χ3n) is 5.01. The number of anilines is 1. The Bertz CT molecular complexity index is 1050. The summed E-state index contributed by atoms with van der Waals surface area (Å²) in [5, 5.41) is 7.64. The number of carbonyl (C=O) groups excluding carboxylic acids is 1. The highest BCUT2D eigenvalue weighted by atomic mass is 16.5. The Morgan fingerprint density at radius 1 is 0.935 bits per heavy atom. The SMILES string of the molecule is COc1cccc(C(C(N)=O)N(Cc2ccccc2)c2ccc(C(=N)N)cc2)c1OC. The number of carbonyl (C=O) groups is 1. The Kier molecular flexibility index (Phi) is 6.77. The first-order chi connectivity index (χ1) is 15.0. The molecule has 3 aromatic rings. The van der Waals surface area contributed by atoms with Gasteiger partial charge in [0.15, 0.2) is 11.5 Å². The van der Waals surface area contributed by atoms with Crippen LogP contribution in [0.3, 0.4) is 0 Å². The molecule has 0 aliphatic rings. The number of hydrogen-bond acceptors (Lipinski definition) is 5. The fraction of sp³-hybridized carbons (Fsp3) is 0.167. The van der Waals surface area contributed by atoms with Crippen LogP contribution in [-0.2, 0) is 11.3 Å². The minimum Gasteiger partial charge on any atom is -0.493 e. The van der Waals surface area contributed by atoms with Crippen molar-refractivity contribution in [3.05, 3.63) is 89.5 Å². The van der Waals surface area contributed by atoms with Crippen molar-refractivity contribution in [2.75, 3.05) is 19.1 Å². The molecule has 0 bridgehead atoms. The molecule has 0 radical (unpaired) electrons. The van der Waals surface area contributed by atoms with Crippen LogP contribution in [0.4, 0.5) is 5.69 Å². The maximum absolute atomic E-state index is 12.8. The standard InChI is InChI=1S/C24H26N4O3/c1-30-20-10-6-9-19(22(20)31-2)21(24(27)29)28(15-16-7-4-3-5-8-16)18-13-11-17(12-14-18)23(25)26/h3-14,21H,15H2,1-2H3,(H3,25,26)(H2,27,29). The quantitative estimate of drug-likeness (QED) is 0.365. The fourth-order valence-corrected chi connectivity index (χ4v) is 3.55. The lowest BCUT2D eigenvalue weighted by Gasteiger charge is -2.33. The van der Waals surface area contributed by atoms with Crippen molar-refractivity contribution in [1.29, 1.82) is 5.41 Å². The molecule has 160 valence electrons. The number of rotatable bonds is 9. The summed E-state index contributed by atoms with van der Waals surface area (Å²) < 4.78 is 11.0. The lowest BCUT2D eigenvalue weighted by atomic mass is 10.0. The van der Waals surface area contributed by atoms with Gasteiger partial charge in [0.05, 0.1) is 14.2 Å². The van der Waals surface area contributed by atoms with Gasteiger partial charge in [0.1, 0.15) is 11.9 Å². The van der Waals surface area contributed by atoms with E-state index in [1.807, 2.05) is 47.4 Å². The van der Waals surface area contributed by atoms with Crippen molar-refractivity contribution in [1.82, 2.24) is 0 Å². The molecule has 0 aliphatic heterocycles. The van der Waals surface area contributed by atoms with Crippen molar-refractivity contribution in [3.8, 4) is 11.5 Å². The number of amidine groups is 1. The second-order valence-electron chi connectivity index (χ2n) is 6.96. The Hall–Kier alpha value is -4.00. The normalized spacial score (nSPS) is 11.4. The van der Waals surface area contributed by atoms with E-state index >= 15 is 0 Å². The maximum atomic E-state index is 12.8. The van der Waals surface area contributed by atoms with Crippen LogP contribution in [0.25, 0.3) is 0 Å². The highest BCUT2D eigenvalue weighted by Gasteiger charge is 2.30. The number of nitrogen functional groups attached to an aromatic ring is 1. The van der Waals surface area contributed by atoms with E-state index < -0.39 is 11.9 Å². The molecule has 0 saturated carbocycles. The van der Waals surface area contributed by atoms with Crippen LogP contribution in [0, 0.1) is 5.41 Å². The molecule has 0 saturated heterocycles. The smallest absolute Gasteiger partial charge is 0.244 e. The summed E-state index contributed by atoms with van der Waals surface area (Å²) in [7, 11) is 3.08. The molecular weight excluding hydrogens is 392 g/mol. The van der Waals surface area contributed by atoms with Crippen LogP contribution in [0.2, 0.25) is 0 Å². The van der Waals surface area contributed by atoms with E-state index in [4.69, 9.17) is 26.4 Å². The third kappa shape index (κ3) is 4.78. The summed E-state index contributed by atoms with van der Waals surface area (Å²) >= 11 is 0. The second kappa shape index (κ2) is 9.67. The average molecular weight is 418 g/mol. The average Bonchev–Trinajstić information content (AvgIpc) is 2.79. The summed E-state index contributed by atoms with van der Waals surface area (Å²) in [5.41, 5.74) is 14.5. The van der Waals surface area contributed by atoms with Gasteiger partial charge >= 0.3 is 0 Å². The summed E-state index contributed by atoms with van der Waals surface area (Å²) in [6, 6.07) is 21.5. The second-order valence-corrected chi connectivity index (χ2v) is 6.96. The van der Waals surface area contributed by atoms with Gasteiger partial charge in [-0.3, -0.25) is 10.2 Å². The number of benzene rings is 3. The summed E-state index contributed by atoms with van der Waals surface area (Å²) in [6.07, 6.45) is 0. The molecule has 0 spiro atoms. The number of amides is 1. The van der Waals surface area contributed by atoms with Gasteiger partial charge < -0.3 is 25.8 Å². The molecule has 3 aromatic carbocycles. The number of hydrogen-bond donors (Lipinski definition) is 3. The van der Waals surface area contributed by atoms with Crippen molar-refractivity contribution < 1.29 is 14.3 Å². The molecule has 1 amide bonds. The molecule has 31 heavy (non-hydrogen) atoms. The summed E-state index contributed by atoms with van der Waals surface area (Å²) in [4.78, 5) is 14.7. The van der Waals surface area contributed by atoms with Crippen LogP contribution >= 0.6 is 0 Å². The summed E-state index contributed by atoms with van der Waals surface area (Å²) in [5.74, 6) is 0.408. The van der Waals surface area contributed by atoms with Crippen molar-refractivity contribution >= 4 is 17.4 Å². The Labute approximate surface area is 181 Å². The third-order valence-corrected chi connectivity index (χ3v) is 5.01. The minimum absolute atomic E-state index is 0.0259. The first kappa shape index (κ1) is 21.7. The molecule has 7 nitrogen and oxygen atoms in total. The molecule has 3 rings (SSSR count). The Morgan fingerprint density at radius 2 is 1.61 bits per heavy atom. The zero-order chi connectivity index (χ0) is 22.4. The molecule has 5 N–H and O–H groups in total. The minimum atomic E-state index is -0.826. The number of methoxy groups -OCH3 is 2. The van der Waals surface area contributed by atoms with E-state index in [1.54, 1.807) is 37.4 Å². The topological polar surface area (TPSA) is 115 Å². The molecule has 1 unspecified atom stereocenters. The molecule has 0 aromatic heterocycles. The molecule has 0 heterocycles. The maximum Gasteiger partial charge on any atom is 0.244 e. The first-order valence-electron chi connectivity index (χ1n) is 9.71. The van der Waals surface area contributed by atoms with Crippen LogP contribution in [0.1, 0.15) is 22.7 Å². The number of nitrogens with one attached hydrogen (secondary N) is 1. The number of ether oxygens (including phenoxy) is 2. The van der Waals surface area contributed by atoms with E-state index in [9.17, 15) is 4.79 Å². The predicted molar refractivity (Wildman–Crippen MR) is 122 cm³/mol. The molecule has 1 atom stereocenters. The van der Waals surface area contributed by atoms with Gasteiger partial charge in [0.25, 0.3) is 0 Å². The van der Waals surface area contributed by atoms with E-state index in [-0.39, 0.29) is 5.84 Å². The predicted octanol–water partition coefficient (Wildman–Crippen LogP) is 3.22. The molecule has 0 fully saturated rings. The van der Waals surface area contributed by atoms with Gasteiger partial charge in [-0.2, -0.15) is 0 Å². The Morgan fingerprint density at radius 3 is 2.16 bits per heavy atom. The lowest BCUT2D eigenvalue weighted by molar-refractivity contribution is -0.119. The zero-order valence-corrected chi connectivity index (χ0v) is 17.5. The van der Waals surface area contributed by atoms with Crippen LogP contribution < -0.4 is 25.8 Å². The molecule has 7 heteroatoms. The van der Waals surface area contributed by atoms with Gasteiger partial charge in [-0.05, 0) is 35.9 Å². The lowest BCUT2D eigenvalue weighted by Crippen LogP contribution is -2.38. The van der Waals surface area contributed by atoms with Gasteiger partial charge in [0, 0.05) is 23.4 Å². The first-order valence-corrected chi connectivity index (χ1v) is 9.71. The van der Waals surface area contributed by atoms with Crippen molar-refractivity contribution in [2.24, 2.45) is 11.5 Å². The fourth-order valence-electron chi connectivity index (χ4n) is 3.55. The highest BCUT2D eigenvalue weighted by Crippen LogP contribution is 2.39. The van der Waals surface area contributed by atoms with E-state index in [0.717, 1.165) is 11.3 Å². The van der Waals surface area contributed by atoms with Crippen molar-refractivity contribution in [3.63, 3.8) is 0 Å². The van der Waals surface area contributed by atoms with Gasteiger partial charge in [-0.15, -0.1) is 0 Å². The van der Waals surface area contributed by atoms with Gasteiger partial charge in [0.2, 0.25) is 5.91 Å². The zero-order valence-electron chi connectivity index (χ0n) is 17.5. The Balaban J connectivity index is 2.15. The number of nitrogens with zero attached hydrogens (tertiary/aromatic N) is 1. The van der Waals surface area contributed by atoms with Crippen molar-refractivity contribution in [2.45, 2.75) is 12.6 Å². The van der Waals surface area contributed by atoms with Gasteiger partial charge in [-0.25, -0.2) is 0 Å². The molecular formula is C24H26N4O3.